The van der Waals surface area contributed by atoms with E-state index in [1.807, 2.05) is 18.2 Å². The topological polar surface area (TPSA) is 67.2 Å². The van der Waals surface area contributed by atoms with E-state index in [1.54, 1.807) is 36.1 Å². The van der Waals surface area contributed by atoms with Gasteiger partial charge in [0, 0.05) is 19.4 Å². The molecule has 1 heterocycles. The maximum Gasteiger partial charge on any atom is 0.330 e. The van der Waals surface area contributed by atoms with Gasteiger partial charge in [-0.15, -0.1) is 0 Å². The van der Waals surface area contributed by atoms with Crippen LogP contribution in [-0.2, 0) is 11.8 Å². The summed E-state index contributed by atoms with van der Waals surface area (Å²) in [6.45, 7) is 0. The maximum atomic E-state index is 11.2. The van der Waals surface area contributed by atoms with Gasteiger partial charge in [0.25, 0.3) is 0 Å². The van der Waals surface area contributed by atoms with Gasteiger partial charge < -0.3 is 15.0 Å². The van der Waals surface area contributed by atoms with Gasteiger partial charge in [-0.25, -0.2) is 9.78 Å². The zero-order valence-corrected chi connectivity index (χ0v) is 9.37. The van der Waals surface area contributed by atoms with E-state index in [1.165, 1.54) is 0 Å². The molecule has 0 saturated heterocycles. The first-order valence-electron chi connectivity index (χ1n) is 5.20. The number of rotatable bonds is 4. The van der Waals surface area contributed by atoms with Gasteiger partial charge >= 0.3 is 5.97 Å². The van der Waals surface area contributed by atoms with Crippen LogP contribution in [-0.4, -0.2) is 20.6 Å². The molecule has 2 aromatic rings. The minimum Gasteiger partial charge on any atom is -0.479 e. The molecule has 1 aromatic carbocycles. The van der Waals surface area contributed by atoms with Crippen molar-refractivity contribution in [3.63, 3.8) is 0 Å². The Morgan fingerprint density at radius 3 is 2.65 bits per heavy atom. The van der Waals surface area contributed by atoms with E-state index in [-0.39, 0.29) is 0 Å². The molecule has 88 valence electrons. The summed E-state index contributed by atoms with van der Waals surface area (Å²) >= 11 is 0. The number of aliphatic carboxylic acids is 1. The lowest BCUT2D eigenvalue weighted by Crippen LogP contribution is -2.22. The standard InChI is InChI=1S/C12H13N3O2/c1-15-8-7-13-12(15)14-10(11(16)17)9-5-3-2-4-6-9/h2-8,10H,1H3,(H,13,14)(H,16,17). The van der Waals surface area contributed by atoms with Crippen molar-refractivity contribution in [3.05, 3.63) is 48.3 Å². The molecular weight excluding hydrogens is 218 g/mol. The number of carbonyl (C=O) groups is 1. The van der Waals surface area contributed by atoms with Crippen molar-refractivity contribution in [1.82, 2.24) is 9.55 Å². The highest BCUT2D eigenvalue weighted by molar-refractivity contribution is 5.78. The van der Waals surface area contributed by atoms with E-state index in [0.717, 1.165) is 0 Å². The number of aryl methyl sites for hydroxylation is 1. The molecule has 0 aliphatic heterocycles. The molecule has 1 unspecified atom stereocenters. The highest BCUT2D eigenvalue weighted by Gasteiger charge is 2.20. The van der Waals surface area contributed by atoms with Crippen LogP contribution in [0.3, 0.4) is 0 Å². The summed E-state index contributed by atoms with van der Waals surface area (Å²) in [6, 6.07) is 8.22. The van der Waals surface area contributed by atoms with Crippen LogP contribution in [0.25, 0.3) is 0 Å². The van der Waals surface area contributed by atoms with Crippen LogP contribution in [0.4, 0.5) is 5.95 Å². The van der Waals surface area contributed by atoms with Crippen LogP contribution in [0.5, 0.6) is 0 Å². The van der Waals surface area contributed by atoms with Crippen molar-refractivity contribution < 1.29 is 9.90 Å². The van der Waals surface area contributed by atoms with Gasteiger partial charge in [0.2, 0.25) is 5.95 Å². The predicted octanol–water partition coefficient (Wildman–Crippen LogP) is 1.66. The molecule has 0 aliphatic carbocycles. The molecule has 2 rings (SSSR count). The Kier molecular flexibility index (Phi) is 3.09. The molecular formula is C12H13N3O2. The first kappa shape index (κ1) is 11.2. The van der Waals surface area contributed by atoms with E-state index in [9.17, 15) is 9.90 Å². The second-order valence-electron chi connectivity index (χ2n) is 3.69. The zero-order chi connectivity index (χ0) is 12.3. The lowest BCUT2D eigenvalue weighted by Gasteiger charge is -2.15. The van der Waals surface area contributed by atoms with Gasteiger partial charge in [0.05, 0.1) is 0 Å². The average molecular weight is 231 g/mol. The van der Waals surface area contributed by atoms with Gasteiger partial charge in [0.15, 0.2) is 6.04 Å². The van der Waals surface area contributed by atoms with E-state index < -0.39 is 12.0 Å². The number of anilines is 1. The molecule has 1 atom stereocenters. The summed E-state index contributed by atoms with van der Waals surface area (Å²) in [4.78, 5) is 15.3. The van der Waals surface area contributed by atoms with Crippen molar-refractivity contribution in [2.75, 3.05) is 5.32 Å². The number of imidazole rings is 1. The number of carboxylic acids is 1. The van der Waals surface area contributed by atoms with Gasteiger partial charge in [-0.05, 0) is 5.56 Å². The Bertz CT molecular complexity index is 507. The van der Waals surface area contributed by atoms with Crippen LogP contribution in [0.2, 0.25) is 0 Å². The third-order valence-corrected chi connectivity index (χ3v) is 2.47. The summed E-state index contributed by atoms with van der Waals surface area (Å²) < 4.78 is 1.74. The van der Waals surface area contributed by atoms with Gasteiger partial charge in [-0.3, -0.25) is 0 Å². The summed E-state index contributed by atoms with van der Waals surface area (Å²) in [6.07, 6.45) is 3.37. The second kappa shape index (κ2) is 4.69. The number of benzene rings is 1. The van der Waals surface area contributed by atoms with Crippen molar-refractivity contribution in [2.24, 2.45) is 7.05 Å². The molecule has 0 spiro atoms. The van der Waals surface area contributed by atoms with E-state index in [4.69, 9.17) is 0 Å². The Morgan fingerprint density at radius 2 is 2.12 bits per heavy atom. The van der Waals surface area contributed by atoms with Crippen molar-refractivity contribution in [1.29, 1.82) is 0 Å². The predicted molar refractivity (Wildman–Crippen MR) is 63.6 cm³/mol. The lowest BCUT2D eigenvalue weighted by atomic mass is 10.1. The molecule has 5 heteroatoms. The van der Waals surface area contributed by atoms with Crippen molar-refractivity contribution in [3.8, 4) is 0 Å². The molecule has 5 nitrogen and oxygen atoms in total. The number of nitrogens with zero attached hydrogens (tertiary/aromatic N) is 2. The SMILES string of the molecule is Cn1ccnc1NC(C(=O)O)c1ccccc1. The smallest absolute Gasteiger partial charge is 0.330 e. The fourth-order valence-electron chi connectivity index (χ4n) is 1.57. The largest absolute Gasteiger partial charge is 0.479 e. The number of hydrogen-bond donors (Lipinski definition) is 2. The molecule has 1 aromatic heterocycles. The Labute approximate surface area is 98.7 Å². The molecule has 0 amide bonds. The summed E-state index contributed by atoms with van der Waals surface area (Å²) in [7, 11) is 1.80. The van der Waals surface area contributed by atoms with Crippen LogP contribution in [0.15, 0.2) is 42.7 Å². The minimum absolute atomic E-state index is 0.529. The average Bonchev–Trinajstić information content (AvgIpc) is 2.72. The van der Waals surface area contributed by atoms with E-state index >= 15 is 0 Å². The third kappa shape index (κ3) is 2.44. The Hall–Kier alpha value is -2.30. The molecule has 0 radical (unpaired) electrons. The van der Waals surface area contributed by atoms with Crippen LogP contribution >= 0.6 is 0 Å². The van der Waals surface area contributed by atoms with Gasteiger partial charge in [0.1, 0.15) is 0 Å². The first-order chi connectivity index (χ1) is 8.18. The summed E-state index contributed by atoms with van der Waals surface area (Å²) in [5, 5.41) is 12.1. The summed E-state index contributed by atoms with van der Waals surface area (Å²) in [5.74, 6) is -0.402. The highest BCUT2D eigenvalue weighted by atomic mass is 16.4. The third-order valence-electron chi connectivity index (χ3n) is 2.47. The first-order valence-corrected chi connectivity index (χ1v) is 5.20. The number of aromatic nitrogens is 2. The number of carboxylic acid groups (broad SMARTS) is 1. The Balaban J connectivity index is 2.26. The van der Waals surface area contributed by atoms with E-state index in [0.29, 0.717) is 11.5 Å². The molecule has 2 N–H and O–H groups in total. The van der Waals surface area contributed by atoms with E-state index in [2.05, 4.69) is 10.3 Å². The fourth-order valence-corrected chi connectivity index (χ4v) is 1.57. The highest BCUT2D eigenvalue weighted by Crippen LogP contribution is 2.18. The van der Waals surface area contributed by atoms with Crippen LogP contribution in [0, 0.1) is 0 Å². The number of hydrogen-bond acceptors (Lipinski definition) is 3. The van der Waals surface area contributed by atoms with Crippen LogP contribution < -0.4 is 5.32 Å². The van der Waals surface area contributed by atoms with Crippen LogP contribution in [0.1, 0.15) is 11.6 Å². The Morgan fingerprint density at radius 1 is 1.41 bits per heavy atom. The summed E-state index contributed by atoms with van der Waals surface area (Å²) in [5.41, 5.74) is 0.697. The van der Waals surface area contributed by atoms with Gasteiger partial charge in [-0.2, -0.15) is 0 Å². The van der Waals surface area contributed by atoms with Crippen molar-refractivity contribution >= 4 is 11.9 Å². The number of nitrogens with one attached hydrogen (secondary N) is 1. The molecule has 0 aliphatic rings. The zero-order valence-electron chi connectivity index (χ0n) is 9.37. The molecule has 17 heavy (non-hydrogen) atoms. The molecule has 0 fully saturated rings. The van der Waals surface area contributed by atoms with Crippen molar-refractivity contribution in [2.45, 2.75) is 6.04 Å². The normalized spacial score (nSPS) is 12.1. The van der Waals surface area contributed by atoms with Gasteiger partial charge in [-0.1, -0.05) is 30.3 Å². The lowest BCUT2D eigenvalue weighted by molar-refractivity contribution is -0.138. The monoisotopic (exact) mass is 231 g/mol. The maximum absolute atomic E-state index is 11.2. The molecule has 0 bridgehead atoms. The second-order valence-corrected chi connectivity index (χ2v) is 3.69. The minimum atomic E-state index is -0.931. The fraction of sp³-hybridized carbons (Fsp3) is 0.167. The molecule has 0 saturated carbocycles. The quantitative estimate of drug-likeness (QED) is 0.839.